The highest BCUT2D eigenvalue weighted by Gasteiger charge is 2.20. The van der Waals surface area contributed by atoms with E-state index < -0.39 is 0 Å². The van der Waals surface area contributed by atoms with E-state index >= 15 is 0 Å². The van der Waals surface area contributed by atoms with Gasteiger partial charge in [0.05, 0.1) is 0 Å². The summed E-state index contributed by atoms with van der Waals surface area (Å²) in [6.07, 6.45) is 2.16. The lowest BCUT2D eigenvalue weighted by Gasteiger charge is -2.12. The molecule has 4 aromatic rings. The van der Waals surface area contributed by atoms with E-state index in [1.165, 1.54) is 38.6 Å². The minimum atomic E-state index is 0.363. The van der Waals surface area contributed by atoms with Gasteiger partial charge in [0.1, 0.15) is 0 Å². The Morgan fingerprint density at radius 2 is 1.64 bits per heavy atom. The third-order valence-corrected chi connectivity index (χ3v) is 4.97. The molecule has 0 aliphatic rings. The van der Waals surface area contributed by atoms with Crippen LogP contribution < -0.4 is 0 Å². The van der Waals surface area contributed by atoms with Crippen LogP contribution in [0, 0.1) is 6.92 Å². The molecule has 0 aliphatic heterocycles. The fraction of sp³-hybridized carbons (Fsp3) is 0.200. The Morgan fingerprint density at radius 1 is 0.955 bits per heavy atom. The number of nitrogens with one attached hydrogen (secondary N) is 1. The van der Waals surface area contributed by atoms with Gasteiger partial charge >= 0.3 is 0 Å². The second-order valence-corrected chi connectivity index (χ2v) is 6.09. The van der Waals surface area contributed by atoms with Crippen molar-refractivity contribution in [3.05, 3.63) is 71.5 Å². The molecule has 1 atom stereocenters. The maximum absolute atomic E-state index is 3.41. The van der Waals surface area contributed by atoms with E-state index in [1.807, 2.05) is 0 Å². The van der Waals surface area contributed by atoms with Gasteiger partial charge in [-0.3, -0.25) is 0 Å². The van der Waals surface area contributed by atoms with Crippen LogP contribution in [0.3, 0.4) is 0 Å². The molecule has 0 radical (unpaired) electrons. The van der Waals surface area contributed by atoms with Crippen molar-refractivity contribution in [2.45, 2.75) is 19.8 Å². The Labute approximate surface area is 130 Å². The predicted molar refractivity (Wildman–Crippen MR) is 93.5 cm³/mol. The van der Waals surface area contributed by atoms with Crippen molar-refractivity contribution >= 4 is 21.8 Å². The molecular weight excluding hydrogens is 268 g/mol. The summed E-state index contributed by atoms with van der Waals surface area (Å²) in [4.78, 5) is 3.41. The molecule has 0 spiro atoms. The third kappa shape index (κ3) is 1.73. The van der Waals surface area contributed by atoms with Gasteiger partial charge in [0.15, 0.2) is 0 Å². The Balaban J connectivity index is 1.97. The third-order valence-electron chi connectivity index (χ3n) is 4.97. The summed E-state index contributed by atoms with van der Waals surface area (Å²) in [6.45, 7) is 4.53. The van der Waals surface area contributed by atoms with Gasteiger partial charge in [-0.25, -0.2) is 0 Å². The first kappa shape index (κ1) is 13.2. The normalized spacial score (nSPS) is 13.0. The minimum absolute atomic E-state index is 0.363. The molecule has 2 heterocycles. The highest BCUT2D eigenvalue weighted by atomic mass is 14.9. The topological polar surface area (TPSA) is 20.7 Å². The zero-order valence-corrected chi connectivity index (χ0v) is 13.2. The maximum atomic E-state index is 3.41. The summed E-state index contributed by atoms with van der Waals surface area (Å²) in [5.74, 6) is 0.363. The van der Waals surface area contributed by atoms with Crippen molar-refractivity contribution in [3.63, 3.8) is 0 Å². The highest BCUT2D eigenvalue weighted by Crippen LogP contribution is 2.37. The summed E-state index contributed by atoms with van der Waals surface area (Å²) < 4.78 is 2.30. The lowest BCUT2D eigenvalue weighted by molar-refractivity contribution is 0.863. The summed E-state index contributed by atoms with van der Waals surface area (Å²) in [5, 5.41) is 2.68. The first-order chi connectivity index (χ1) is 10.7. The first-order valence-corrected chi connectivity index (χ1v) is 7.78. The van der Waals surface area contributed by atoms with Crippen LogP contribution in [0.2, 0.25) is 0 Å². The van der Waals surface area contributed by atoms with Crippen LogP contribution in [0.15, 0.2) is 54.7 Å². The van der Waals surface area contributed by atoms with Gasteiger partial charge in [-0.05, 0) is 30.2 Å². The Morgan fingerprint density at radius 3 is 2.45 bits per heavy atom. The largest absolute Gasteiger partial charge is 0.361 e. The fourth-order valence-electron chi connectivity index (χ4n) is 3.70. The minimum Gasteiger partial charge on any atom is -0.361 e. The average molecular weight is 288 g/mol. The molecule has 0 fully saturated rings. The van der Waals surface area contributed by atoms with Crippen molar-refractivity contribution in [2.24, 2.45) is 7.05 Å². The van der Waals surface area contributed by atoms with Gasteiger partial charge in [0, 0.05) is 46.7 Å². The van der Waals surface area contributed by atoms with Gasteiger partial charge < -0.3 is 9.55 Å². The van der Waals surface area contributed by atoms with E-state index in [4.69, 9.17) is 0 Å². The molecule has 110 valence electrons. The lowest BCUT2D eigenvalue weighted by Crippen LogP contribution is -1.98. The number of hydrogen-bond acceptors (Lipinski definition) is 0. The monoisotopic (exact) mass is 288 g/mol. The molecule has 1 unspecified atom stereocenters. The number of H-pyrrole nitrogens is 1. The fourth-order valence-corrected chi connectivity index (χ4v) is 3.70. The summed E-state index contributed by atoms with van der Waals surface area (Å²) in [7, 11) is 2.16. The standard InChI is InChI=1S/C20H20N2/c1-13(17-12-21-18-10-6-4-8-15(17)18)20-14(2)22(3)19-11-7-5-9-16(19)20/h4-13,21H,1-3H3. The summed E-state index contributed by atoms with van der Waals surface area (Å²) in [6, 6.07) is 17.2. The van der Waals surface area contributed by atoms with Crippen molar-refractivity contribution in [2.75, 3.05) is 0 Å². The Kier molecular flexibility index (Phi) is 2.86. The summed E-state index contributed by atoms with van der Waals surface area (Å²) >= 11 is 0. The molecule has 0 bridgehead atoms. The number of aromatic amines is 1. The molecule has 2 aromatic carbocycles. The highest BCUT2D eigenvalue weighted by molar-refractivity contribution is 5.89. The van der Waals surface area contributed by atoms with Crippen LogP contribution >= 0.6 is 0 Å². The molecule has 2 nitrogen and oxygen atoms in total. The van der Waals surface area contributed by atoms with Gasteiger partial charge in [-0.2, -0.15) is 0 Å². The Bertz CT molecular complexity index is 972. The second-order valence-electron chi connectivity index (χ2n) is 6.09. The molecule has 22 heavy (non-hydrogen) atoms. The molecular formula is C20H20N2. The van der Waals surface area contributed by atoms with Crippen LogP contribution in [-0.4, -0.2) is 9.55 Å². The van der Waals surface area contributed by atoms with Crippen molar-refractivity contribution in [1.29, 1.82) is 0 Å². The molecule has 1 N–H and O–H groups in total. The second kappa shape index (κ2) is 4.77. The van der Waals surface area contributed by atoms with Gasteiger partial charge in [-0.15, -0.1) is 0 Å². The van der Waals surface area contributed by atoms with Crippen molar-refractivity contribution in [3.8, 4) is 0 Å². The molecule has 4 rings (SSSR count). The van der Waals surface area contributed by atoms with Crippen LogP contribution in [0.25, 0.3) is 21.8 Å². The van der Waals surface area contributed by atoms with E-state index in [9.17, 15) is 0 Å². The van der Waals surface area contributed by atoms with Gasteiger partial charge in [0.2, 0.25) is 0 Å². The number of para-hydroxylation sites is 2. The summed E-state index contributed by atoms with van der Waals surface area (Å²) in [5.41, 5.74) is 6.67. The van der Waals surface area contributed by atoms with E-state index in [0.29, 0.717) is 5.92 Å². The zero-order valence-electron chi connectivity index (χ0n) is 13.2. The van der Waals surface area contributed by atoms with E-state index in [-0.39, 0.29) is 0 Å². The first-order valence-electron chi connectivity index (χ1n) is 7.78. The molecule has 0 saturated heterocycles. The van der Waals surface area contributed by atoms with Gasteiger partial charge in [-0.1, -0.05) is 43.3 Å². The SMILES string of the molecule is Cc1c(C(C)c2c[nH]c3ccccc23)c2ccccc2n1C. The molecule has 2 heteroatoms. The van der Waals surface area contributed by atoms with E-state index in [2.05, 4.69) is 85.2 Å². The maximum Gasteiger partial charge on any atom is 0.0482 e. The van der Waals surface area contributed by atoms with Crippen LogP contribution in [0.4, 0.5) is 0 Å². The average Bonchev–Trinajstić information content (AvgIpc) is 3.08. The van der Waals surface area contributed by atoms with Crippen LogP contribution in [0.5, 0.6) is 0 Å². The molecule has 0 aliphatic carbocycles. The number of benzene rings is 2. The quantitative estimate of drug-likeness (QED) is 0.528. The number of nitrogens with zero attached hydrogens (tertiary/aromatic N) is 1. The predicted octanol–water partition coefficient (Wildman–Crippen LogP) is 5.12. The number of aromatic nitrogens is 2. The zero-order chi connectivity index (χ0) is 15.3. The van der Waals surface area contributed by atoms with Gasteiger partial charge in [0.25, 0.3) is 0 Å². The number of hydrogen-bond donors (Lipinski definition) is 1. The van der Waals surface area contributed by atoms with Crippen LogP contribution in [0.1, 0.15) is 29.7 Å². The molecule has 0 saturated carbocycles. The lowest BCUT2D eigenvalue weighted by atomic mass is 9.91. The van der Waals surface area contributed by atoms with Crippen molar-refractivity contribution in [1.82, 2.24) is 9.55 Å². The van der Waals surface area contributed by atoms with Crippen LogP contribution in [-0.2, 0) is 7.05 Å². The smallest absolute Gasteiger partial charge is 0.0482 e. The number of aryl methyl sites for hydroxylation is 1. The Hall–Kier alpha value is -2.48. The van der Waals surface area contributed by atoms with Crippen molar-refractivity contribution < 1.29 is 0 Å². The number of fused-ring (bicyclic) bond motifs is 2. The van der Waals surface area contributed by atoms with E-state index in [0.717, 1.165) is 0 Å². The van der Waals surface area contributed by atoms with E-state index in [1.54, 1.807) is 0 Å². The molecule has 0 amide bonds. The molecule has 2 aromatic heterocycles. The number of rotatable bonds is 2.